The van der Waals surface area contributed by atoms with E-state index in [2.05, 4.69) is 45.9 Å². The molecule has 2 heterocycles. The molecule has 1 atom stereocenters. The third kappa shape index (κ3) is 3.42. The first-order valence-electron chi connectivity index (χ1n) is 7.70. The van der Waals surface area contributed by atoms with Crippen molar-refractivity contribution < 1.29 is 4.74 Å². The van der Waals surface area contributed by atoms with Crippen LogP contribution in [0.1, 0.15) is 42.6 Å². The summed E-state index contributed by atoms with van der Waals surface area (Å²) in [6.45, 7) is 3.99. The van der Waals surface area contributed by atoms with Crippen LogP contribution in [0, 0.1) is 0 Å². The lowest BCUT2D eigenvalue weighted by molar-refractivity contribution is 0.357. The Morgan fingerprint density at radius 1 is 1.43 bits per heavy atom. The van der Waals surface area contributed by atoms with Gasteiger partial charge in [0.2, 0.25) is 0 Å². The maximum Gasteiger partial charge on any atom is 0.122 e. The predicted octanol–water partition coefficient (Wildman–Crippen LogP) is 2.41. The third-order valence-corrected chi connectivity index (χ3v) is 3.91. The van der Waals surface area contributed by atoms with Crippen molar-refractivity contribution in [3.8, 4) is 5.75 Å². The normalized spacial score (nSPS) is 14.7. The van der Waals surface area contributed by atoms with Gasteiger partial charge in [-0.05, 0) is 43.0 Å². The Balaban J connectivity index is 1.63. The highest BCUT2D eigenvalue weighted by Gasteiger charge is 2.15. The summed E-state index contributed by atoms with van der Waals surface area (Å²) >= 11 is 0. The first-order chi connectivity index (χ1) is 10.4. The first kappa shape index (κ1) is 14.1. The molecule has 0 bridgehead atoms. The Morgan fingerprint density at radius 3 is 3.19 bits per heavy atom. The zero-order valence-corrected chi connectivity index (χ0v) is 12.4. The number of aryl methyl sites for hydroxylation is 1. The van der Waals surface area contributed by atoms with E-state index in [0.29, 0.717) is 0 Å². The van der Waals surface area contributed by atoms with Crippen molar-refractivity contribution in [2.75, 3.05) is 13.2 Å². The fourth-order valence-corrected chi connectivity index (χ4v) is 2.76. The standard InChI is InChI=1S/C16H22N4O/c1-2-8-17-14(15-11-18-20-19-15)5-3-12-4-6-16-13(10-12)7-9-21-16/h4,6,10-11,14,17H,2-3,5,7-9H2,1H3,(H,18,19,20). The van der Waals surface area contributed by atoms with E-state index in [-0.39, 0.29) is 6.04 Å². The van der Waals surface area contributed by atoms with Crippen LogP contribution in [0.5, 0.6) is 5.75 Å². The van der Waals surface area contributed by atoms with Gasteiger partial charge in [0.05, 0.1) is 24.5 Å². The predicted molar refractivity (Wildman–Crippen MR) is 81.4 cm³/mol. The summed E-state index contributed by atoms with van der Waals surface area (Å²) in [4.78, 5) is 0. The molecule has 112 valence electrons. The lowest BCUT2D eigenvalue weighted by Crippen LogP contribution is -2.23. The smallest absolute Gasteiger partial charge is 0.122 e. The molecule has 3 rings (SSSR count). The van der Waals surface area contributed by atoms with E-state index in [1.807, 2.05) is 6.20 Å². The molecule has 0 radical (unpaired) electrons. The summed E-state index contributed by atoms with van der Waals surface area (Å²) in [5.74, 6) is 1.05. The lowest BCUT2D eigenvalue weighted by atomic mass is 10.0. The minimum Gasteiger partial charge on any atom is -0.493 e. The topological polar surface area (TPSA) is 62.8 Å². The Morgan fingerprint density at radius 2 is 2.38 bits per heavy atom. The molecule has 0 amide bonds. The fourth-order valence-electron chi connectivity index (χ4n) is 2.76. The molecule has 1 aliphatic rings. The summed E-state index contributed by atoms with van der Waals surface area (Å²) in [7, 11) is 0. The molecule has 5 heteroatoms. The van der Waals surface area contributed by atoms with E-state index >= 15 is 0 Å². The fraction of sp³-hybridized carbons (Fsp3) is 0.500. The van der Waals surface area contributed by atoms with Crippen molar-refractivity contribution in [2.24, 2.45) is 0 Å². The molecule has 0 saturated heterocycles. The number of rotatable bonds is 7. The van der Waals surface area contributed by atoms with Gasteiger partial charge in [0.15, 0.2) is 0 Å². The van der Waals surface area contributed by atoms with Crippen LogP contribution in [-0.4, -0.2) is 28.6 Å². The highest BCUT2D eigenvalue weighted by atomic mass is 16.5. The molecule has 1 unspecified atom stereocenters. The average molecular weight is 286 g/mol. The lowest BCUT2D eigenvalue weighted by Gasteiger charge is -2.16. The number of H-pyrrole nitrogens is 1. The number of aromatic amines is 1. The highest BCUT2D eigenvalue weighted by molar-refractivity contribution is 5.39. The molecular formula is C16H22N4O. The van der Waals surface area contributed by atoms with Crippen molar-refractivity contribution in [1.82, 2.24) is 20.7 Å². The summed E-state index contributed by atoms with van der Waals surface area (Å²) in [5.41, 5.74) is 3.70. The van der Waals surface area contributed by atoms with Gasteiger partial charge >= 0.3 is 0 Å². The van der Waals surface area contributed by atoms with E-state index < -0.39 is 0 Å². The van der Waals surface area contributed by atoms with Gasteiger partial charge in [-0.2, -0.15) is 15.4 Å². The SMILES string of the molecule is CCCNC(CCc1ccc2c(c1)CCO2)c1cn[nH]n1. The number of hydrogen-bond acceptors (Lipinski definition) is 4. The van der Waals surface area contributed by atoms with Gasteiger partial charge in [-0.15, -0.1) is 0 Å². The van der Waals surface area contributed by atoms with Crippen LogP contribution in [0.4, 0.5) is 0 Å². The van der Waals surface area contributed by atoms with Crippen molar-refractivity contribution in [3.05, 3.63) is 41.2 Å². The quantitative estimate of drug-likeness (QED) is 0.820. The first-order valence-corrected chi connectivity index (χ1v) is 7.70. The van der Waals surface area contributed by atoms with Crippen molar-refractivity contribution >= 4 is 0 Å². The van der Waals surface area contributed by atoms with Crippen LogP contribution in [0.3, 0.4) is 0 Å². The van der Waals surface area contributed by atoms with E-state index in [1.165, 1.54) is 11.1 Å². The van der Waals surface area contributed by atoms with E-state index in [4.69, 9.17) is 4.74 Å². The van der Waals surface area contributed by atoms with Crippen LogP contribution >= 0.6 is 0 Å². The Labute approximate surface area is 125 Å². The Bertz CT molecular complexity index is 568. The Hall–Kier alpha value is -1.88. The summed E-state index contributed by atoms with van der Waals surface area (Å²) in [6.07, 6.45) is 6.01. The molecule has 0 spiro atoms. The molecule has 5 nitrogen and oxygen atoms in total. The Kier molecular flexibility index (Phi) is 4.50. The number of benzene rings is 1. The molecule has 1 aromatic carbocycles. The molecule has 1 aromatic heterocycles. The van der Waals surface area contributed by atoms with Crippen LogP contribution in [0.25, 0.3) is 0 Å². The van der Waals surface area contributed by atoms with Crippen LogP contribution in [-0.2, 0) is 12.8 Å². The van der Waals surface area contributed by atoms with Gasteiger partial charge in [-0.25, -0.2) is 0 Å². The maximum atomic E-state index is 5.56. The van der Waals surface area contributed by atoms with Gasteiger partial charge in [0, 0.05) is 6.42 Å². The van der Waals surface area contributed by atoms with Gasteiger partial charge in [-0.1, -0.05) is 19.1 Å². The maximum absolute atomic E-state index is 5.56. The van der Waals surface area contributed by atoms with E-state index in [9.17, 15) is 0 Å². The minimum absolute atomic E-state index is 0.258. The molecule has 0 saturated carbocycles. The molecule has 1 aliphatic heterocycles. The number of nitrogens with zero attached hydrogens (tertiary/aromatic N) is 2. The van der Waals surface area contributed by atoms with Crippen LogP contribution in [0.2, 0.25) is 0 Å². The largest absolute Gasteiger partial charge is 0.493 e. The van der Waals surface area contributed by atoms with Crippen LogP contribution in [0.15, 0.2) is 24.4 Å². The van der Waals surface area contributed by atoms with Gasteiger partial charge < -0.3 is 10.1 Å². The van der Waals surface area contributed by atoms with E-state index in [0.717, 1.165) is 50.3 Å². The number of nitrogens with one attached hydrogen (secondary N) is 2. The van der Waals surface area contributed by atoms with E-state index in [1.54, 1.807) is 0 Å². The second-order valence-electron chi connectivity index (χ2n) is 5.48. The second kappa shape index (κ2) is 6.72. The molecule has 21 heavy (non-hydrogen) atoms. The van der Waals surface area contributed by atoms with Crippen molar-refractivity contribution in [3.63, 3.8) is 0 Å². The molecule has 2 N–H and O–H groups in total. The molecule has 0 fully saturated rings. The zero-order valence-electron chi connectivity index (χ0n) is 12.4. The molecular weight excluding hydrogens is 264 g/mol. The molecule has 2 aromatic rings. The second-order valence-corrected chi connectivity index (χ2v) is 5.48. The summed E-state index contributed by atoms with van der Waals surface area (Å²) < 4.78 is 5.56. The van der Waals surface area contributed by atoms with Crippen LogP contribution < -0.4 is 10.1 Å². The monoisotopic (exact) mass is 286 g/mol. The highest BCUT2D eigenvalue weighted by Crippen LogP contribution is 2.27. The third-order valence-electron chi connectivity index (χ3n) is 3.91. The number of fused-ring (bicyclic) bond motifs is 1. The zero-order chi connectivity index (χ0) is 14.5. The minimum atomic E-state index is 0.258. The van der Waals surface area contributed by atoms with Gasteiger partial charge in [0.1, 0.15) is 5.75 Å². The average Bonchev–Trinajstić information content (AvgIpc) is 3.18. The number of aromatic nitrogens is 3. The number of hydrogen-bond donors (Lipinski definition) is 2. The summed E-state index contributed by atoms with van der Waals surface area (Å²) in [6, 6.07) is 6.81. The van der Waals surface area contributed by atoms with Gasteiger partial charge in [-0.3, -0.25) is 0 Å². The summed E-state index contributed by atoms with van der Waals surface area (Å²) in [5, 5.41) is 14.4. The van der Waals surface area contributed by atoms with Gasteiger partial charge in [0.25, 0.3) is 0 Å². The number of ether oxygens (including phenoxy) is 1. The van der Waals surface area contributed by atoms with Crippen molar-refractivity contribution in [1.29, 1.82) is 0 Å². The molecule has 0 aliphatic carbocycles. The van der Waals surface area contributed by atoms with Crippen molar-refractivity contribution in [2.45, 2.75) is 38.6 Å².